The fraction of sp³-hybridized carbons (Fsp3) is 0.150. The maximum absolute atomic E-state index is 12.8. The van der Waals surface area contributed by atoms with E-state index in [0.717, 1.165) is 34.4 Å². The first kappa shape index (κ1) is 19.7. The molecule has 1 fully saturated rings. The van der Waals surface area contributed by atoms with Gasteiger partial charge in [-0.1, -0.05) is 17.9 Å². The Kier molecular flexibility index (Phi) is 5.14. The second-order valence-electron chi connectivity index (χ2n) is 6.48. The summed E-state index contributed by atoms with van der Waals surface area (Å²) < 4.78 is 0. The Hall–Kier alpha value is -4.01. The molecule has 9 heteroatoms. The van der Waals surface area contributed by atoms with Gasteiger partial charge in [-0.05, 0) is 49.2 Å². The highest BCUT2D eigenvalue weighted by Crippen LogP contribution is 2.24. The Labute approximate surface area is 165 Å². The molecule has 1 saturated heterocycles. The summed E-state index contributed by atoms with van der Waals surface area (Å²) in [5, 5.41) is 22.6. The predicted molar refractivity (Wildman–Crippen MR) is 101 cm³/mol. The van der Waals surface area contributed by atoms with Gasteiger partial charge in [0.25, 0.3) is 5.91 Å². The molecule has 29 heavy (non-hydrogen) atoms. The lowest BCUT2D eigenvalue weighted by molar-refractivity contribution is -0.268. The summed E-state index contributed by atoms with van der Waals surface area (Å²) in [4.78, 5) is 53.0. The Morgan fingerprint density at radius 1 is 1.14 bits per heavy atom. The number of rotatable bonds is 4. The molecule has 0 radical (unpaired) electrons. The topological polar surface area (TPSA) is 139 Å². The number of barbiturate groups is 1. The van der Waals surface area contributed by atoms with Crippen molar-refractivity contribution >= 4 is 41.4 Å². The van der Waals surface area contributed by atoms with Gasteiger partial charge in [0.15, 0.2) is 5.92 Å². The van der Waals surface area contributed by atoms with E-state index in [1.54, 1.807) is 18.2 Å². The minimum absolute atomic E-state index is 0.0808. The SMILES string of the molecule is Cc1ccc(N2C(=O)NC(=O)C(C=Nc3ccc([O-])c(C(=O)O)c3)C2=O)cc1C. The Bertz CT molecular complexity index is 1080. The predicted octanol–water partition coefficient (Wildman–Crippen LogP) is 1.68. The normalized spacial score (nSPS) is 17.0. The van der Waals surface area contributed by atoms with E-state index in [-0.39, 0.29) is 5.69 Å². The van der Waals surface area contributed by atoms with E-state index in [4.69, 9.17) is 5.11 Å². The summed E-state index contributed by atoms with van der Waals surface area (Å²) in [6, 6.07) is 7.48. The van der Waals surface area contributed by atoms with Gasteiger partial charge in [0.2, 0.25) is 5.91 Å². The van der Waals surface area contributed by atoms with Gasteiger partial charge in [0.1, 0.15) is 0 Å². The quantitative estimate of drug-likeness (QED) is 0.597. The van der Waals surface area contributed by atoms with E-state index in [9.17, 15) is 24.3 Å². The first-order chi connectivity index (χ1) is 13.7. The summed E-state index contributed by atoms with van der Waals surface area (Å²) in [6.07, 6.45) is 1.02. The number of nitrogens with one attached hydrogen (secondary N) is 1. The van der Waals surface area contributed by atoms with Crippen molar-refractivity contribution in [2.24, 2.45) is 10.9 Å². The molecule has 148 valence electrons. The maximum Gasteiger partial charge on any atom is 0.335 e. The zero-order valence-corrected chi connectivity index (χ0v) is 15.5. The average molecular weight is 394 g/mol. The number of nitrogens with zero attached hydrogens (tertiary/aromatic N) is 2. The van der Waals surface area contributed by atoms with Gasteiger partial charge < -0.3 is 10.2 Å². The number of benzene rings is 2. The fourth-order valence-electron chi connectivity index (χ4n) is 2.76. The number of aromatic carboxylic acids is 1. The molecule has 2 aromatic rings. The van der Waals surface area contributed by atoms with Crippen LogP contribution >= 0.6 is 0 Å². The van der Waals surface area contributed by atoms with Gasteiger partial charge in [-0.2, -0.15) is 0 Å². The molecule has 0 saturated carbocycles. The van der Waals surface area contributed by atoms with Crippen molar-refractivity contribution < 1.29 is 29.4 Å². The molecule has 3 rings (SSSR count). The number of carboxylic acid groups (broad SMARTS) is 1. The summed E-state index contributed by atoms with van der Waals surface area (Å²) in [6.45, 7) is 3.71. The standard InChI is InChI=1S/C20H17N3O6/c1-10-3-5-13(7-11(10)2)23-18(26)15(17(25)22-20(23)29)9-21-12-4-6-16(24)14(8-12)19(27)28/h3-9,15,24H,1-2H3,(H,27,28)(H,22,25,29)/p-1. The number of carboxylic acids is 1. The van der Waals surface area contributed by atoms with Crippen molar-refractivity contribution in [3.8, 4) is 5.75 Å². The molecule has 0 bridgehead atoms. The molecule has 1 aliphatic rings. The van der Waals surface area contributed by atoms with Crippen molar-refractivity contribution in [1.82, 2.24) is 5.32 Å². The first-order valence-electron chi connectivity index (χ1n) is 8.53. The highest BCUT2D eigenvalue weighted by molar-refractivity contribution is 6.32. The van der Waals surface area contributed by atoms with Crippen LogP contribution in [0.2, 0.25) is 0 Å². The van der Waals surface area contributed by atoms with Crippen LogP contribution in [0.1, 0.15) is 21.5 Å². The zero-order chi connectivity index (χ0) is 21.3. The molecule has 2 N–H and O–H groups in total. The summed E-state index contributed by atoms with van der Waals surface area (Å²) in [5.41, 5.74) is 1.75. The number of urea groups is 1. The third-order valence-corrected chi connectivity index (χ3v) is 4.52. The molecule has 1 aliphatic heterocycles. The Balaban J connectivity index is 1.92. The van der Waals surface area contributed by atoms with Crippen molar-refractivity contribution in [2.75, 3.05) is 4.90 Å². The number of imide groups is 2. The van der Waals surface area contributed by atoms with Crippen molar-refractivity contribution in [3.05, 3.63) is 53.1 Å². The number of hydrogen-bond acceptors (Lipinski definition) is 6. The van der Waals surface area contributed by atoms with Crippen molar-refractivity contribution in [1.29, 1.82) is 0 Å². The zero-order valence-electron chi connectivity index (χ0n) is 15.5. The van der Waals surface area contributed by atoms with Crippen molar-refractivity contribution in [3.63, 3.8) is 0 Å². The summed E-state index contributed by atoms with van der Waals surface area (Å²) >= 11 is 0. The highest BCUT2D eigenvalue weighted by atomic mass is 16.4. The van der Waals surface area contributed by atoms with E-state index < -0.39 is 41.0 Å². The molecule has 1 unspecified atom stereocenters. The van der Waals surface area contributed by atoms with Gasteiger partial charge in [-0.15, -0.1) is 0 Å². The number of aryl methyl sites for hydroxylation is 2. The second-order valence-corrected chi connectivity index (χ2v) is 6.48. The molecule has 1 atom stereocenters. The van der Waals surface area contributed by atoms with E-state index in [1.807, 2.05) is 13.8 Å². The monoisotopic (exact) mass is 394 g/mol. The molecule has 0 spiro atoms. The van der Waals surface area contributed by atoms with Crippen LogP contribution in [0.15, 0.2) is 41.4 Å². The van der Waals surface area contributed by atoms with Crippen LogP contribution in [0.25, 0.3) is 0 Å². The minimum atomic E-state index is -1.41. The molecular formula is C20H16N3O6-. The molecule has 1 heterocycles. The number of carbonyl (C=O) groups is 4. The third kappa shape index (κ3) is 3.84. The lowest BCUT2D eigenvalue weighted by Crippen LogP contribution is -2.58. The summed E-state index contributed by atoms with van der Waals surface area (Å²) in [7, 11) is 0. The lowest BCUT2D eigenvalue weighted by Gasteiger charge is -2.28. The number of anilines is 1. The van der Waals surface area contributed by atoms with Crippen LogP contribution in [0.3, 0.4) is 0 Å². The lowest BCUT2D eigenvalue weighted by atomic mass is 10.0. The maximum atomic E-state index is 12.8. The van der Waals surface area contributed by atoms with Gasteiger partial charge in [0.05, 0.1) is 16.9 Å². The van der Waals surface area contributed by atoms with Crippen LogP contribution < -0.4 is 15.3 Å². The fourth-order valence-corrected chi connectivity index (χ4v) is 2.76. The van der Waals surface area contributed by atoms with E-state index in [2.05, 4.69) is 10.3 Å². The largest absolute Gasteiger partial charge is 0.872 e. The first-order valence-corrected chi connectivity index (χ1v) is 8.53. The van der Waals surface area contributed by atoms with Crippen LogP contribution in [0.4, 0.5) is 16.2 Å². The number of amides is 4. The third-order valence-electron chi connectivity index (χ3n) is 4.52. The molecule has 9 nitrogen and oxygen atoms in total. The van der Waals surface area contributed by atoms with Gasteiger partial charge in [-0.25, -0.2) is 14.5 Å². The average Bonchev–Trinajstić information content (AvgIpc) is 2.65. The molecule has 0 aromatic heterocycles. The van der Waals surface area contributed by atoms with Crippen LogP contribution in [-0.4, -0.2) is 35.1 Å². The number of carbonyl (C=O) groups excluding carboxylic acids is 3. The van der Waals surface area contributed by atoms with E-state index >= 15 is 0 Å². The van der Waals surface area contributed by atoms with Gasteiger partial charge >= 0.3 is 12.0 Å². The highest BCUT2D eigenvalue weighted by Gasteiger charge is 2.40. The molecule has 2 aromatic carbocycles. The van der Waals surface area contributed by atoms with Crippen molar-refractivity contribution in [2.45, 2.75) is 13.8 Å². The van der Waals surface area contributed by atoms with Gasteiger partial charge in [-0.3, -0.25) is 19.9 Å². The molecule has 4 amide bonds. The Morgan fingerprint density at radius 2 is 1.86 bits per heavy atom. The minimum Gasteiger partial charge on any atom is -0.872 e. The van der Waals surface area contributed by atoms with E-state index in [0.29, 0.717) is 5.69 Å². The number of hydrogen-bond donors (Lipinski definition) is 2. The second kappa shape index (κ2) is 7.55. The van der Waals surface area contributed by atoms with E-state index in [1.165, 1.54) is 6.07 Å². The van der Waals surface area contributed by atoms with Gasteiger partial charge in [0, 0.05) is 6.21 Å². The van der Waals surface area contributed by atoms with Crippen LogP contribution in [0.5, 0.6) is 5.75 Å². The molecular weight excluding hydrogens is 378 g/mol. The van der Waals surface area contributed by atoms with Crippen LogP contribution in [0, 0.1) is 19.8 Å². The summed E-state index contributed by atoms with van der Waals surface area (Å²) in [5.74, 6) is -5.12. The molecule has 0 aliphatic carbocycles. The smallest absolute Gasteiger partial charge is 0.335 e. The Morgan fingerprint density at radius 3 is 2.52 bits per heavy atom. The van der Waals surface area contributed by atoms with Crippen LogP contribution in [-0.2, 0) is 9.59 Å². The number of aliphatic imine (C=N–C) groups is 1.